The number of likely N-dealkylation sites (tertiary alicyclic amines) is 1. The predicted octanol–water partition coefficient (Wildman–Crippen LogP) is 8.21. The van der Waals surface area contributed by atoms with Crippen molar-refractivity contribution >= 4 is 29.3 Å². The first kappa shape index (κ1) is 36.6. The molecule has 5 aromatic rings. The molecule has 7 rings (SSSR count). The fourth-order valence-electron chi connectivity index (χ4n) is 6.99. The third-order valence-electron chi connectivity index (χ3n) is 9.96. The highest BCUT2D eigenvalue weighted by Crippen LogP contribution is 2.42. The molecule has 2 aliphatic rings. The molecule has 4 N–H and O–H groups in total. The van der Waals surface area contributed by atoms with E-state index in [1.807, 2.05) is 60.7 Å². The summed E-state index contributed by atoms with van der Waals surface area (Å²) in [5.74, 6) is -0.254. The van der Waals surface area contributed by atoms with Gasteiger partial charge in [0.15, 0.2) is 0 Å². The first-order chi connectivity index (χ1) is 26.5. The second-order valence-corrected chi connectivity index (χ2v) is 13.9. The number of hydrogen-bond donors (Lipinski definition) is 4. The Hall–Kier alpha value is -5.77. The van der Waals surface area contributed by atoms with Gasteiger partial charge in [0.05, 0.1) is 5.69 Å². The van der Waals surface area contributed by atoms with Crippen molar-refractivity contribution in [1.29, 1.82) is 0 Å². The molecule has 276 valence electrons. The smallest absolute Gasteiger partial charge is 0.411 e. The Morgan fingerprint density at radius 1 is 0.648 bits per heavy atom. The summed E-state index contributed by atoms with van der Waals surface area (Å²) >= 11 is 0. The lowest BCUT2D eigenvalue weighted by molar-refractivity contribution is -0.116. The summed E-state index contributed by atoms with van der Waals surface area (Å²) in [5.41, 5.74) is 8.00. The van der Waals surface area contributed by atoms with Crippen LogP contribution < -0.4 is 21.3 Å². The lowest BCUT2D eigenvalue weighted by atomic mass is 9.88. The van der Waals surface area contributed by atoms with Gasteiger partial charge in [-0.25, -0.2) is 4.79 Å². The molecule has 0 unspecified atom stereocenters. The monoisotopic (exact) mass is 721 g/mol. The first-order valence-electron chi connectivity index (χ1n) is 18.9. The Bertz CT molecular complexity index is 2040. The van der Waals surface area contributed by atoms with Gasteiger partial charge < -0.3 is 25.6 Å². The summed E-state index contributed by atoms with van der Waals surface area (Å²) < 4.78 is 5.99. The number of piperidine rings is 1. The van der Waals surface area contributed by atoms with Crippen LogP contribution in [0.4, 0.5) is 16.2 Å². The molecule has 0 atom stereocenters. The van der Waals surface area contributed by atoms with E-state index in [2.05, 4.69) is 68.6 Å². The van der Waals surface area contributed by atoms with Gasteiger partial charge in [0.25, 0.3) is 5.91 Å². The van der Waals surface area contributed by atoms with Gasteiger partial charge in [-0.1, -0.05) is 103 Å². The average molecular weight is 722 g/mol. The number of anilines is 2. The van der Waals surface area contributed by atoms with Crippen LogP contribution in [0, 0.1) is 0 Å². The van der Waals surface area contributed by atoms with Gasteiger partial charge in [-0.2, -0.15) is 0 Å². The van der Waals surface area contributed by atoms with E-state index in [1.165, 1.54) is 12.8 Å². The van der Waals surface area contributed by atoms with Gasteiger partial charge in [0, 0.05) is 62.0 Å². The molecule has 5 aromatic carbocycles. The zero-order valence-electron chi connectivity index (χ0n) is 30.4. The largest absolute Gasteiger partial charge is 0.446 e. The van der Waals surface area contributed by atoms with Gasteiger partial charge in [-0.15, -0.1) is 0 Å². The van der Waals surface area contributed by atoms with E-state index in [0.29, 0.717) is 61.9 Å². The number of carbonyl (C=O) groups excluding carboxylic acids is 3. The maximum Gasteiger partial charge on any atom is 0.411 e. The molecule has 1 aliphatic heterocycles. The molecular formula is C45H47N5O4. The summed E-state index contributed by atoms with van der Waals surface area (Å²) in [7, 11) is 0. The maximum absolute atomic E-state index is 13.5. The Labute approximate surface area is 317 Å². The molecule has 3 amide bonds. The van der Waals surface area contributed by atoms with Crippen molar-refractivity contribution in [3.8, 4) is 33.4 Å². The fraction of sp³-hybridized carbons (Fsp3) is 0.267. The number of nitrogens with one attached hydrogen (secondary N) is 4. The van der Waals surface area contributed by atoms with Crippen molar-refractivity contribution in [2.45, 2.75) is 44.2 Å². The number of benzene rings is 5. The maximum atomic E-state index is 13.5. The normalized spacial score (nSPS) is 14.6. The number of rotatable bonds is 14. The highest BCUT2D eigenvalue weighted by atomic mass is 16.6. The molecule has 0 aromatic heterocycles. The quantitative estimate of drug-likeness (QED) is 0.0920. The molecule has 9 heteroatoms. The van der Waals surface area contributed by atoms with Crippen LogP contribution in [0.3, 0.4) is 0 Å². The minimum Gasteiger partial charge on any atom is -0.446 e. The Kier molecular flexibility index (Phi) is 12.1. The molecule has 0 radical (unpaired) electrons. The number of amides is 3. The first-order valence-corrected chi connectivity index (χ1v) is 18.9. The van der Waals surface area contributed by atoms with E-state index < -0.39 is 6.09 Å². The molecule has 9 nitrogen and oxygen atoms in total. The van der Waals surface area contributed by atoms with Gasteiger partial charge in [0.1, 0.15) is 6.10 Å². The number of hydrogen-bond acceptors (Lipinski definition) is 6. The number of carbonyl (C=O) groups is 3. The van der Waals surface area contributed by atoms with E-state index in [-0.39, 0.29) is 17.9 Å². The molecule has 1 saturated carbocycles. The number of ether oxygens (including phenoxy) is 1. The third kappa shape index (κ3) is 9.80. The minimum absolute atomic E-state index is 0.0720. The minimum atomic E-state index is -0.474. The van der Waals surface area contributed by atoms with Crippen molar-refractivity contribution in [3.05, 3.63) is 133 Å². The number of nitrogens with zero attached hydrogens (tertiary/aromatic N) is 1. The lowest BCUT2D eigenvalue weighted by Crippen LogP contribution is -2.42. The summed E-state index contributed by atoms with van der Waals surface area (Å²) in [6, 6.07) is 42.4. The van der Waals surface area contributed by atoms with Crippen molar-refractivity contribution < 1.29 is 19.1 Å². The van der Waals surface area contributed by atoms with Crippen molar-refractivity contribution in [2.24, 2.45) is 0 Å². The van der Waals surface area contributed by atoms with Crippen LogP contribution in [0.5, 0.6) is 0 Å². The van der Waals surface area contributed by atoms with Crippen LogP contribution in [0.15, 0.2) is 127 Å². The van der Waals surface area contributed by atoms with E-state index in [9.17, 15) is 14.4 Å². The summed E-state index contributed by atoms with van der Waals surface area (Å²) in [4.78, 5) is 40.9. The molecule has 54 heavy (non-hydrogen) atoms. The van der Waals surface area contributed by atoms with Crippen LogP contribution >= 0.6 is 0 Å². The Morgan fingerprint density at radius 3 is 2.02 bits per heavy atom. The van der Waals surface area contributed by atoms with Crippen LogP contribution in [0.1, 0.15) is 42.5 Å². The molecule has 2 fully saturated rings. The standard InChI is InChI=1S/C45H47N5O4/c51-42(23-26-46-35-21-22-35)48-36-16-9-15-34(31-36)44(52)47-27-30-50-28-24-37(25-29-50)54-45(53)49-41-20-10-19-39(33-13-5-2-6-14-33)43(41)40-18-8-7-17-38(40)32-11-3-1-4-12-32/h1-20,31,35,37,46H,21-30H2,(H,47,52)(H,48,51)(H,49,53). The van der Waals surface area contributed by atoms with Crippen LogP contribution in [-0.2, 0) is 9.53 Å². The zero-order valence-corrected chi connectivity index (χ0v) is 30.4. The average Bonchev–Trinajstić information content (AvgIpc) is 4.04. The Morgan fingerprint density at radius 2 is 1.30 bits per heavy atom. The van der Waals surface area contributed by atoms with Crippen LogP contribution in [-0.4, -0.2) is 67.7 Å². The van der Waals surface area contributed by atoms with E-state index in [1.54, 1.807) is 24.3 Å². The topological polar surface area (TPSA) is 112 Å². The molecule has 0 bridgehead atoms. The van der Waals surface area contributed by atoms with Crippen LogP contribution in [0.25, 0.3) is 33.4 Å². The molecule has 1 aliphatic carbocycles. The highest BCUT2D eigenvalue weighted by molar-refractivity contribution is 6.02. The third-order valence-corrected chi connectivity index (χ3v) is 9.96. The van der Waals surface area contributed by atoms with Crippen molar-refractivity contribution in [2.75, 3.05) is 43.4 Å². The van der Waals surface area contributed by atoms with Gasteiger partial charge in [-0.05, 0) is 77.8 Å². The van der Waals surface area contributed by atoms with Gasteiger partial charge in [0.2, 0.25) is 5.91 Å². The van der Waals surface area contributed by atoms with Gasteiger partial charge in [-0.3, -0.25) is 14.9 Å². The molecule has 0 spiro atoms. The fourth-order valence-corrected chi connectivity index (χ4v) is 6.99. The highest BCUT2D eigenvalue weighted by Gasteiger charge is 2.24. The molecular weight excluding hydrogens is 675 g/mol. The zero-order chi connectivity index (χ0) is 37.1. The second kappa shape index (κ2) is 17.8. The lowest BCUT2D eigenvalue weighted by Gasteiger charge is -2.31. The summed E-state index contributed by atoms with van der Waals surface area (Å²) in [6.45, 7) is 3.34. The van der Waals surface area contributed by atoms with E-state index in [4.69, 9.17) is 4.74 Å². The van der Waals surface area contributed by atoms with E-state index in [0.717, 1.165) is 46.5 Å². The summed E-state index contributed by atoms with van der Waals surface area (Å²) in [6.07, 6.45) is 3.48. The summed E-state index contributed by atoms with van der Waals surface area (Å²) in [5, 5.41) is 12.3. The Balaban J connectivity index is 0.920. The van der Waals surface area contributed by atoms with E-state index >= 15 is 0 Å². The SMILES string of the molecule is O=C(CCNC1CC1)Nc1cccc(C(=O)NCCN2CCC(OC(=O)Nc3cccc(-c4ccccc4)c3-c3ccccc3-c3ccccc3)CC2)c1. The van der Waals surface area contributed by atoms with Crippen LogP contribution in [0.2, 0.25) is 0 Å². The predicted molar refractivity (Wildman–Crippen MR) is 215 cm³/mol. The second-order valence-electron chi connectivity index (χ2n) is 13.9. The van der Waals surface area contributed by atoms with Crippen molar-refractivity contribution in [3.63, 3.8) is 0 Å². The molecule has 1 saturated heterocycles. The van der Waals surface area contributed by atoms with Crippen molar-refractivity contribution in [1.82, 2.24) is 15.5 Å². The molecule has 1 heterocycles. The van der Waals surface area contributed by atoms with Gasteiger partial charge >= 0.3 is 6.09 Å².